The van der Waals surface area contributed by atoms with Crippen molar-refractivity contribution in [1.29, 1.82) is 0 Å². The Labute approximate surface area is 234 Å². The molecule has 0 spiro atoms. The molecule has 1 heterocycles. The number of halogens is 2. The van der Waals surface area contributed by atoms with Crippen LogP contribution in [0, 0.1) is 10.1 Å². The molecule has 3 aromatic carbocycles. The SMILES string of the molecule is COc1cc(/C=C2\SC(=S)N(c3ccc(Br)c(Cl)c3)C2=O)ccc1OS(=O)(=O)c1ccccc1[N+](=O)[O-]. The van der Waals surface area contributed by atoms with Crippen molar-refractivity contribution >= 4 is 89.3 Å². The number of benzene rings is 3. The zero-order valence-corrected chi connectivity index (χ0v) is 23.4. The molecule has 0 unspecified atom stereocenters. The minimum absolute atomic E-state index is 0.0334. The Morgan fingerprint density at radius 2 is 1.86 bits per heavy atom. The topological polar surface area (TPSA) is 116 Å². The predicted octanol–water partition coefficient (Wildman–Crippen LogP) is 6.19. The van der Waals surface area contributed by atoms with Crippen LogP contribution in [-0.4, -0.2) is 30.7 Å². The van der Waals surface area contributed by atoms with Gasteiger partial charge >= 0.3 is 10.1 Å². The lowest BCUT2D eigenvalue weighted by Gasteiger charge is -2.15. The Kier molecular flexibility index (Phi) is 7.90. The second-order valence-corrected chi connectivity index (χ2v) is 11.7. The zero-order valence-electron chi connectivity index (χ0n) is 18.6. The van der Waals surface area contributed by atoms with Crippen LogP contribution in [0.25, 0.3) is 6.08 Å². The second kappa shape index (κ2) is 10.8. The number of amides is 1. The first-order chi connectivity index (χ1) is 17.5. The zero-order chi connectivity index (χ0) is 26.9. The summed E-state index contributed by atoms with van der Waals surface area (Å²) < 4.78 is 37.0. The van der Waals surface area contributed by atoms with Crippen LogP contribution in [0.5, 0.6) is 11.5 Å². The van der Waals surface area contributed by atoms with Gasteiger partial charge < -0.3 is 8.92 Å². The van der Waals surface area contributed by atoms with Crippen molar-refractivity contribution in [3.05, 3.63) is 90.7 Å². The molecule has 0 N–H and O–H groups in total. The number of hydrogen-bond acceptors (Lipinski definition) is 9. The van der Waals surface area contributed by atoms with Gasteiger partial charge in [0.15, 0.2) is 20.7 Å². The van der Waals surface area contributed by atoms with Gasteiger partial charge in [-0.15, -0.1) is 0 Å². The van der Waals surface area contributed by atoms with E-state index in [2.05, 4.69) is 15.9 Å². The Bertz CT molecular complexity index is 1590. The van der Waals surface area contributed by atoms with Crippen molar-refractivity contribution in [3.63, 3.8) is 0 Å². The molecule has 0 aliphatic carbocycles. The molecule has 1 aliphatic rings. The minimum atomic E-state index is -4.55. The summed E-state index contributed by atoms with van der Waals surface area (Å²) in [6.45, 7) is 0. The highest BCUT2D eigenvalue weighted by molar-refractivity contribution is 9.10. The molecule has 0 saturated carbocycles. The lowest BCUT2D eigenvalue weighted by Crippen LogP contribution is -2.27. The van der Waals surface area contributed by atoms with Crippen molar-refractivity contribution in [3.8, 4) is 11.5 Å². The van der Waals surface area contributed by atoms with Crippen LogP contribution in [0.3, 0.4) is 0 Å². The lowest BCUT2D eigenvalue weighted by atomic mass is 10.2. The van der Waals surface area contributed by atoms with Crippen LogP contribution in [-0.2, 0) is 14.9 Å². The predicted molar refractivity (Wildman–Crippen MR) is 149 cm³/mol. The molecule has 3 aromatic rings. The van der Waals surface area contributed by atoms with Crippen molar-refractivity contribution in [2.75, 3.05) is 12.0 Å². The normalized spacial score (nSPS) is 14.8. The van der Waals surface area contributed by atoms with Crippen LogP contribution >= 0.6 is 51.5 Å². The Morgan fingerprint density at radius 3 is 2.54 bits per heavy atom. The number of anilines is 1. The van der Waals surface area contributed by atoms with Gasteiger partial charge in [0.2, 0.25) is 0 Å². The molecule has 1 saturated heterocycles. The van der Waals surface area contributed by atoms with E-state index in [0.717, 1.165) is 23.9 Å². The van der Waals surface area contributed by atoms with Crippen molar-refractivity contribution in [1.82, 2.24) is 0 Å². The molecule has 1 fully saturated rings. The Morgan fingerprint density at radius 1 is 1.14 bits per heavy atom. The first kappa shape index (κ1) is 27.1. The van der Waals surface area contributed by atoms with Gasteiger partial charge in [-0.2, -0.15) is 8.42 Å². The van der Waals surface area contributed by atoms with Gasteiger partial charge in [0, 0.05) is 10.5 Å². The van der Waals surface area contributed by atoms with E-state index in [-0.39, 0.29) is 17.4 Å². The van der Waals surface area contributed by atoms with E-state index in [9.17, 15) is 23.3 Å². The molecular formula is C23H14BrClN2O7S3. The van der Waals surface area contributed by atoms with Gasteiger partial charge in [0.1, 0.15) is 0 Å². The molecule has 0 atom stereocenters. The number of nitro groups is 1. The molecule has 14 heteroatoms. The molecule has 0 aromatic heterocycles. The number of thioether (sulfide) groups is 1. The maximum Gasteiger partial charge on any atom is 0.346 e. The first-order valence-electron chi connectivity index (χ1n) is 10.1. The highest BCUT2D eigenvalue weighted by Gasteiger charge is 2.34. The highest BCUT2D eigenvalue weighted by atomic mass is 79.9. The summed E-state index contributed by atoms with van der Waals surface area (Å²) >= 11 is 15.9. The Hall–Kier alpha value is -2.97. The van der Waals surface area contributed by atoms with Gasteiger partial charge in [0.25, 0.3) is 11.6 Å². The summed E-state index contributed by atoms with van der Waals surface area (Å²) in [7, 11) is -3.24. The van der Waals surface area contributed by atoms with Crippen LogP contribution in [0.1, 0.15) is 5.56 Å². The largest absolute Gasteiger partial charge is 0.493 e. The monoisotopic (exact) mass is 640 g/mol. The highest BCUT2D eigenvalue weighted by Crippen LogP contribution is 2.39. The molecule has 190 valence electrons. The van der Waals surface area contributed by atoms with Crippen LogP contribution in [0.15, 0.2) is 74.9 Å². The quantitative estimate of drug-likeness (QED) is 0.0978. The lowest BCUT2D eigenvalue weighted by molar-refractivity contribution is -0.387. The standard InChI is InChI=1S/C23H14BrClN2O7S3/c1-33-19-10-13(6-9-18(19)34-37(31,32)21-5-3-2-4-17(21)27(29)30)11-20-22(28)26(23(35)36-20)14-7-8-15(24)16(25)12-14/h2-12H,1H3/b20-11-. The van der Waals surface area contributed by atoms with E-state index in [1.165, 1.54) is 42.3 Å². The number of para-hydroxylation sites is 1. The summed E-state index contributed by atoms with van der Waals surface area (Å²) in [5.41, 5.74) is 0.398. The maximum atomic E-state index is 13.1. The average Bonchev–Trinajstić information content (AvgIpc) is 3.14. The van der Waals surface area contributed by atoms with E-state index in [1.54, 1.807) is 24.3 Å². The van der Waals surface area contributed by atoms with Gasteiger partial charge in [-0.25, -0.2) is 0 Å². The van der Waals surface area contributed by atoms with Gasteiger partial charge in [0.05, 0.1) is 27.6 Å². The molecule has 0 radical (unpaired) electrons. The van der Waals surface area contributed by atoms with Crippen LogP contribution < -0.4 is 13.8 Å². The number of methoxy groups -OCH3 is 1. The first-order valence-corrected chi connectivity index (χ1v) is 13.9. The summed E-state index contributed by atoms with van der Waals surface area (Å²) in [6, 6.07) is 14.2. The number of carbonyl (C=O) groups is 1. The van der Waals surface area contributed by atoms with E-state index in [4.69, 9.17) is 32.7 Å². The van der Waals surface area contributed by atoms with Gasteiger partial charge in [-0.05, 0) is 64.0 Å². The molecule has 1 amide bonds. The summed E-state index contributed by atoms with van der Waals surface area (Å²) in [4.78, 5) is 24.6. The summed E-state index contributed by atoms with van der Waals surface area (Å²) in [5, 5.41) is 11.7. The van der Waals surface area contributed by atoms with E-state index in [0.29, 0.717) is 30.0 Å². The second-order valence-electron chi connectivity index (χ2n) is 7.29. The van der Waals surface area contributed by atoms with Crippen LogP contribution in [0.2, 0.25) is 5.02 Å². The number of nitrogens with zero attached hydrogens (tertiary/aromatic N) is 2. The van der Waals surface area contributed by atoms with E-state index in [1.807, 2.05) is 0 Å². The molecule has 1 aliphatic heterocycles. The summed E-state index contributed by atoms with van der Waals surface area (Å²) in [6.07, 6.45) is 1.57. The maximum absolute atomic E-state index is 13.1. The number of carbonyl (C=O) groups excluding carboxylic acids is 1. The van der Waals surface area contributed by atoms with Gasteiger partial charge in [-0.3, -0.25) is 19.8 Å². The third-order valence-electron chi connectivity index (χ3n) is 4.97. The number of rotatable bonds is 7. The number of ether oxygens (including phenoxy) is 1. The number of thiocarbonyl (C=S) groups is 1. The fraction of sp³-hybridized carbons (Fsp3) is 0.0435. The van der Waals surface area contributed by atoms with Gasteiger partial charge in [-0.1, -0.05) is 53.8 Å². The molecular weight excluding hydrogens is 628 g/mol. The van der Waals surface area contributed by atoms with Crippen LogP contribution in [0.4, 0.5) is 11.4 Å². The number of hydrogen-bond donors (Lipinski definition) is 0. The van der Waals surface area contributed by atoms with E-state index < -0.39 is 25.6 Å². The van der Waals surface area contributed by atoms with Crippen molar-refractivity contribution in [2.24, 2.45) is 0 Å². The van der Waals surface area contributed by atoms with Crippen molar-refractivity contribution in [2.45, 2.75) is 4.90 Å². The average molecular weight is 642 g/mol. The smallest absolute Gasteiger partial charge is 0.346 e. The Balaban J connectivity index is 1.62. The molecule has 4 rings (SSSR count). The molecule has 9 nitrogen and oxygen atoms in total. The minimum Gasteiger partial charge on any atom is -0.493 e. The fourth-order valence-electron chi connectivity index (χ4n) is 3.29. The van der Waals surface area contributed by atoms with Crippen molar-refractivity contribution < 1.29 is 27.1 Å². The molecule has 0 bridgehead atoms. The number of nitro benzene ring substituents is 1. The molecule has 37 heavy (non-hydrogen) atoms. The third-order valence-corrected chi connectivity index (χ3v) is 8.79. The fourth-order valence-corrected chi connectivity index (χ4v) is 6.12. The summed E-state index contributed by atoms with van der Waals surface area (Å²) in [5.74, 6) is -0.507. The third kappa shape index (κ3) is 5.65. The van der Waals surface area contributed by atoms with E-state index >= 15 is 0 Å².